The van der Waals surface area contributed by atoms with Crippen molar-refractivity contribution in [3.05, 3.63) is 58.4 Å². The number of nitrogens with zero attached hydrogens (tertiary/aromatic N) is 2. The van der Waals surface area contributed by atoms with E-state index in [4.69, 9.17) is 11.6 Å². The quantitative estimate of drug-likeness (QED) is 0.914. The van der Waals surface area contributed by atoms with Gasteiger partial charge >= 0.3 is 0 Å². The molecule has 2 rings (SSSR count). The summed E-state index contributed by atoms with van der Waals surface area (Å²) < 4.78 is 13.7. The van der Waals surface area contributed by atoms with Crippen molar-refractivity contribution in [1.82, 2.24) is 15.3 Å². The maximum absolute atomic E-state index is 13.7. The molecule has 0 aliphatic heterocycles. The number of nitrogens with one attached hydrogen (secondary N) is 1. The Kier molecular flexibility index (Phi) is 4.82. The Morgan fingerprint density at radius 2 is 2.16 bits per heavy atom. The smallest absolute Gasteiger partial charge is 0.133 e. The monoisotopic (exact) mass is 279 g/mol. The van der Waals surface area contributed by atoms with E-state index in [0.717, 1.165) is 12.2 Å². The molecule has 0 unspecified atom stereocenters. The number of rotatable bonds is 5. The number of aromatic nitrogens is 2. The van der Waals surface area contributed by atoms with Crippen LogP contribution < -0.4 is 5.32 Å². The van der Waals surface area contributed by atoms with Crippen molar-refractivity contribution in [2.24, 2.45) is 0 Å². The van der Waals surface area contributed by atoms with Crippen LogP contribution in [0, 0.1) is 5.82 Å². The maximum atomic E-state index is 13.7. The van der Waals surface area contributed by atoms with Crippen molar-refractivity contribution in [3.8, 4) is 0 Å². The average Bonchev–Trinajstić information content (AvgIpc) is 2.41. The van der Waals surface area contributed by atoms with Gasteiger partial charge in [-0.05, 0) is 24.7 Å². The van der Waals surface area contributed by atoms with E-state index in [-0.39, 0.29) is 5.82 Å². The number of hydrogen-bond acceptors (Lipinski definition) is 3. The van der Waals surface area contributed by atoms with Gasteiger partial charge in [0.15, 0.2) is 0 Å². The van der Waals surface area contributed by atoms with Crippen molar-refractivity contribution in [3.63, 3.8) is 0 Å². The molecule has 0 atom stereocenters. The van der Waals surface area contributed by atoms with Crippen molar-refractivity contribution in [2.45, 2.75) is 19.9 Å². The first-order valence-electron chi connectivity index (χ1n) is 6.15. The molecule has 100 valence electrons. The van der Waals surface area contributed by atoms with Crippen molar-refractivity contribution in [2.75, 3.05) is 6.54 Å². The van der Waals surface area contributed by atoms with Gasteiger partial charge in [0.25, 0.3) is 0 Å². The minimum absolute atomic E-state index is 0.297. The summed E-state index contributed by atoms with van der Waals surface area (Å²) in [6.07, 6.45) is 1.98. The predicted molar refractivity (Wildman–Crippen MR) is 73.6 cm³/mol. The highest BCUT2D eigenvalue weighted by Crippen LogP contribution is 2.21. The molecule has 5 heteroatoms. The van der Waals surface area contributed by atoms with E-state index in [1.54, 1.807) is 18.3 Å². The molecule has 1 heterocycles. The summed E-state index contributed by atoms with van der Waals surface area (Å²) in [5.41, 5.74) is 1.32. The van der Waals surface area contributed by atoms with Gasteiger partial charge in [-0.2, -0.15) is 0 Å². The summed E-state index contributed by atoms with van der Waals surface area (Å²) in [6.45, 7) is 3.58. The molecule has 0 aliphatic carbocycles. The molecule has 1 N–H and O–H groups in total. The van der Waals surface area contributed by atoms with Crippen LogP contribution in [0.5, 0.6) is 0 Å². The van der Waals surface area contributed by atoms with Crippen LogP contribution in [0.25, 0.3) is 0 Å². The topological polar surface area (TPSA) is 37.8 Å². The van der Waals surface area contributed by atoms with E-state index in [9.17, 15) is 4.39 Å². The minimum atomic E-state index is -0.326. The van der Waals surface area contributed by atoms with Crippen LogP contribution in [-0.4, -0.2) is 16.5 Å². The largest absolute Gasteiger partial charge is 0.311 e. The van der Waals surface area contributed by atoms with Gasteiger partial charge in [0.1, 0.15) is 11.6 Å². The normalized spacial score (nSPS) is 10.7. The summed E-state index contributed by atoms with van der Waals surface area (Å²) in [6, 6.07) is 6.49. The zero-order chi connectivity index (χ0) is 13.7. The van der Waals surface area contributed by atoms with Crippen molar-refractivity contribution >= 4 is 11.6 Å². The van der Waals surface area contributed by atoms with Crippen LogP contribution in [0.15, 0.2) is 30.5 Å². The fourth-order valence-corrected chi connectivity index (χ4v) is 1.97. The minimum Gasteiger partial charge on any atom is -0.311 e. The number of halogens is 2. The second-order valence-corrected chi connectivity index (χ2v) is 4.53. The van der Waals surface area contributed by atoms with E-state index in [1.807, 2.05) is 13.0 Å². The SMILES string of the molecule is CCNCc1ccnc(Cc2c(F)cccc2Cl)n1. The van der Waals surface area contributed by atoms with Gasteiger partial charge < -0.3 is 5.32 Å². The van der Waals surface area contributed by atoms with E-state index in [1.165, 1.54) is 6.07 Å². The van der Waals surface area contributed by atoms with Crippen LogP contribution in [0.2, 0.25) is 5.02 Å². The van der Waals surface area contributed by atoms with Crippen LogP contribution >= 0.6 is 11.6 Å². The van der Waals surface area contributed by atoms with Gasteiger partial charge in [-0.3, -0.25) is 0 Å². The zero-order valence-electron chi connectivity index (χ0n) is 10.7. The van der Waals surface area contributed by atoms with Gasteiger partial charge in [-0.25, -0.2) is 14.4 Å². The highest BCUT2D eigenvalue weighted by molar-refractivity contribution is 6.31. The molecule has 1 aromatic heterocycles. The lowest BCUT2D eigenvalue weighted by Crippen LogP contribution is -2.14. The highest BCUT2D eigenvalue weighted by atomic mass is 35.5. The summed E-state index contributed by atoms with van der Waals surface area (Å²) in [4.78, 5) is 8.55. The number of benzene rings is 1. The molecule has 0 aliphatic rings. The fourth-order valence-electron chi connectivity index (χ4n) is 1.74. The van der Waals surface area contributed by atoms with Crippen LogP contribution in [0.1, 0.15) is 24.0 Å². The molecule has 19 heavy (non-hydrogen) atoms. The highest BCUT2D eigenvalue weighted by Gasteiger charge is 2.09. The molecule has 0 radical (unpaired) electrons. The lowest BCUT2D eigenvalue weighted by Gasteiger charge is -2.06. The molecule has 0 saturated heterocycles. The molecule has 2 aromatic rings. The molecule has 0 fully saturated rings. The van der Waals surface area contributed by atoms with Gasteiger partial charge in [-0.15, -0.1) is 0 Å². The van der Waals surface area contributed by atoms with Crippen molar-refractivity contribution in [1.29, 1.82) is 0 Å². The average molecular weight is 280 g/mol. The Morgan fingerprint density at radius 1 is 1.32 bits per heavy atom. The van der Waals surface area contributed by atoms with Crippen molar-refractivity contribution < 1.29 is 4.39 Å². The fraction of sp³-hybridized carbons (Fsp3) is 0.286. The van der Waals surface area contributed by atoms with Crippen LogP contribution in [-0.2, 0) is 13.0 Å². The Bertz CT molecular complexity index is 540. The van der Waals surface area contributed by atoms with Gasteiger partial charge in [0.2, 0.25) is 0 Å². The molecule has 0 amide bonds. The lowest BCUT2D eigenvalue weighted by atomic mass is 10.1. The summed E-state index contributed by atoms with van der Waals surface area (Å²) in [5, 5.41) is 3.59. The first-order chi connectivity index (χ1) is 9.20. The molecular weight excluding hydrogens is 265 g/mol. The molecular formula is C14H15ClFN3. The first kappa shape index (κ1) is 13.9. The summed E-state index contributed by atoms with van der Waals surface area (Å²) in [5.74, 6) is 0.246. The van der Waals surface area contributed by atoms with E-state index >= 15 is 0 Å². The third-order valence-electron chi connectivity index (χ3n) is 2.72. The van der Waals surface area contributed by atoms with E-state index in [0.29, 0.717) is 29.4 Å². The second-order valence-electron chi connectivity index (χ2n) is 4.12. The first-order valence-corrected chi connectivity index (χ1v) is 6.53. The van der Waals surface area contributed by atoms with Gasteiger partial charge in [0.05, 0.1) is 5.69 Å². The Hall–Kier alpha value is -1.52. The Balaban J connectivity index is 2.19. The molecule has 1 aromatic carbocycles. The second kappa shape index (κ2) is 6.59. The third kappa shape index (κ3) is 3.72. The molecule has 0 saturated carbocycles. The summed E-state index contributed by atoms with van der Waals surface area (Å²) in [7, 11) is 0. The third-order valence-corrected chi connectivity index (χ3v) is 3.07. The molecule has 0 spiro atoms. The lowest BCUT2D eigenvalue weighted by molar-refractivity contribution is 0.611. The molecule has 3 nitrogen and oxygen atoms in total. The van der Waals surface area contributed by atoms with E-state index < -0.39 is 0 Å². The maximum Gasteiger partial charge on any atom is 0.133 e. The standard InChI is InChI=1S/C14H15ClFN3/c1-2-17-9-10-6-7-18-14(19-10)8-11-12(15)4-3-5-13(11)16/h3-7,17H,2,8-9H2,1H3. The summed E-state index contributed by atoms with van der Waals surface area (Å²) >= 11 is 5.99. The van der Waals surface area contributed by atoms with Crippen LogP contribution in [0.3, 0.4) is 0 Å². The Labute approximate surface area is 116 Å². The Morgan fingerprint density at radius 3 is 2.89 bits per heavy atom. The molecule has 0 bridgehead atoms. The van der Waals surface area contributed by atoms with E-state index in [2.05, 4.69) is 15.3 Å². The van der Waals surface area contributed by atoms with Gasteiger partial charge in [0, 0.05) is 29.7 Å². The van der Waals surface area contributed by atoms with Gasteiger partial charge in [-0.1, -0.05) is 24.6 Å². The predicted octanol–water partition coefficient (Wildman–Crippen LogP) is 2.97. The zero-order valence-corrected chi connectivity index (χ0v) is 11.4. The number of hydrogen-bond donors (Lipinski definition) is 1. The van der Waals surface area contributed by atoms with Crippen LogP contribution in [0.4, 0.5) is 4.39 Å².